The molecule has 0 radical (unpaired) electrons. The zero-order valence-electron chi connectivity index (χ0n) is 17.8. The second-order valence-electron chi connectivity index (χ2n) is 7.69. The summed E-state index contributed by atoms with van der Waals surface area (Å²) in [5, 5.41) is 16.6. The van der Waals surface area contributed by atoms with Gasteiger partial charge in [0.15, 0.2) is 0 Å². The molecule has 3 aromatic rings. The van der Waals surface area contributed by atoms with E-state index in [1.54, 1.807) is 25.3 Å². The van der Waals surface area contributed by atoms with E-state index >= 15 is 0 Å². The van der Waals surface area contributed by atoms with Gasteiger partial charge in [0, 0.05) is 35.2 Å². The minimum Gasteiger partial charge on any atom is -0.497 e. The zero-order chi connectivity index (χ0) is 23.5. The number of carbonyl (C=O) groups excluding carboxylic acids is 1. The normalized spacial score (nSPS) is 15.5. The predicted octanol–water partition coefficient (Wildman–Crippen LogP) is 5.48. The fourth-order valence-corrected chi connectivity index (χ4v) is 4.21. The molecule has 0 aliphatic carbocycles. The molecule has 1 amide bonds. The standard InChI is InChI=1S/C24H21Cl2N3O4/c1-33-17-9-10-19-15(11-17)12-18(24(26)27-19)21-13-20(14-5-7-16(25)8-6-14)28-29(21)22(30)3-2-4-23(31)32/h5-12,21H,2-4,13H2,1H3,(H,31,32)/t21-/m0/s1. The van der Waals surface area contributed by atoms with Gasteiger partial charge in [-0.1, -0.05) is 35.3 Å². The third kappa shape index (κ3) is 5.10. The SMILES string of the molecule is COc1ccc2nc(Cl)c([C@@H]3CC(c4ccc(Cl)cc4)=NN3C(=O)CCCC(=O)O)cc2c1. The summed E-state index contributed by atoms with van der Waals surface area (Å²) in [7, 11) is 1.59. The first-order valence-electron chi connectivity index (χ1n) is 10.4. The van der Waals surface area contributed by atoms with Crippen LogP contribution in [0, 0.1) is 0 Å². The van der Waals surface area contributed by atoms with Crippen molar-refractivity contribution < 1.29 is 19.4 Å². The Hall–Kier alpha value is -3.16. The number of carbonyl (C=O) groups is 2. The quantitative estimate of drug-likeness (QED) is 0.447. The monoisotopic (exact) mass is 485 g/mol. The molecule has 1 aromatic heterocycles. The van der Waals surface area contributed by atoms with E-state index in [0.29, 0.717) is 34.0 Å². The molecular formula is C24H21Cl2N3O4. The molecule has 0 saturated heterocycles. The minimum atomic E-state index is -0.943. The van der Waals surface area contributed by atoms with Crippen molar-refractivity contribution in [1.82, 2.24) is 9.99 Å². The topological polar surface area (TPSA) is 92.1 Å². The first kappa shape index (κ1) is 23.0. The van der Waals surface area contributed by atoms with Crippen LogP contribution in [-0.4, -0.2) is 39.8 Å². The number of methoxy groups -OCH3 is 1. The van der Waals surface area contributed by atoms with Gasteiger partial charge in [0.25, 0.3) is 0 Å². The van der Waals surface area contributed by atoms with E-state index in [9.17, 15) is 9.59 Å². The predicted molar refractivity (Wildman–Crippen MR) is 127 cm³/mol. The van der Waals surface area contributed by atoms with E-state index in [1.165, 1.54) is 5.01 Å². The molecule has 0 unspecified atom stereocenters. The molecular weight excluding hydrogens is 465 g/mol. The number of aromatic nitrogens is 1. The van der Waals surface area contributed by atoms with Crippen LogP contribution in [0.15, 0.2) is 53.6 Å². The lowest BCUT2D eigenvalue weighted by atomic mass is 9.98. The molecule has 1 atom stereocenters. The molecule has 1 N–H and O–H groups in total. The smallest absolute Gasteiger partial charge is 0.303 e. The summed E-state index contributed by atoms with van der Waals surface area (Å²) in [6.07, 6.45) is 0.635. The number of hydrazone groups is 1. The van der Waals surface area contributed by atoms with Crippen LogP contribution in [0.5, 0.6) is 5.75 Å². The molecule has 33 heavy (non-hydrogen) atoms. The molecule has 0 fully saturated rings. The lowest BCUT2D eigenvalue weighted by Crippen LogP contribution is -2.27. The summed E-state index contributed by atoms with van der Waals surface area (Å²) in [5.74, 6) is -0.530. The van der Waals surface area contributed by atoms with Gasteiger partial charge in [0.1, 0.15) is 10.9 Å². The van der Waals surface area contributed by atoms with Gasteiger partial charge < -0.3 is 9.84 Å². The lowest BCUT2D eigenvalue weighted by molar-refractivity contribution is -0.137. The number of pyridine rings is 1. The molecule has 1 aliphatic heterocycles. The average molecular weight is 486 g/mol. The molecule has 170 valence electrons. The highest BCUT2D eigenvalue weighted by atomic mass is 35.5. The lowest BCUT2D eigenvalue weighted by Gasteiger charge is -2.23. The molecule has 9 heteroatoms. The van der Waals surface area contributed by atoms with Crippen LogP contribution in [0.3, 0.4) is 0 Å². The summed E-state index contributed by atoms with van der Waals surface area (Å²) in [4.78, 5) is 28.4. The van der Waals surface area contributed by atoms with Crippen LogP contribution in [-0.2, 0) is 9.59 Å². The highest BCUT2D eigenvalue weighted by Crippen LogP contribution is 2.38. The van der Waals surface area contributed by atoms with Crippen molar-refractivity contribution >= 4 is 51.7 Å². The molecule has 4 rings (SSSR count). The van der Waals surface area contributed by atoms with Gasteiger partial charge in [-0.05, 0) is 48.4 Å². The van der Waals surface area contributed by atoms with E-state index in [0.717, 1.165) is 10.9 Å². The highest BCUT2D eigenvalue weighted by Gasteiger charge is 2.34. The number of hydrogen-bond acceptors (Lipinski definition) is 5. The van der Waals surface area contributed by atoms with E-state index in [1.807, 2.05) is 30.3 Å². The average Bonchev–Trinajstić information content (AvgIpc) is 3.23. The molecule has 0 saturated carbocycles. The fraction of sp³-hybridized carbons (Fsp3) is 0.250. The van der Waals surface area contributed by atoms with Crippen molar-refractivity contribution in [3.8, 4) is 5.75 Å². The molecule has 2 heterocycles. The van der Waals surface area contributed by atoms with Crippen molar-refractivity contribution in [2.75, 3.05) is 7.11 Å². The number of benzene rings is 2. The first-order chi connectivity index (χ1) is 15.9. The van der Waals surface area contributed by atoms with Crippen molar-refractivity contribution in [2.24, 2.45) is 5.10 Å². The summed E-state index contributed by atoms with van der Waals surface area (Å²) >= 11 is 12.6. The Morgan fingerprint density at radius 1 is 1.12 bits per heavy atom. The van der Waals surface area contributed by atoms with Gasteiger partial charge in [-0.15, -0.1) is 0 Å². The number of ether oxygens (including phenoxy) is 1. The van der Waals surface area contributed by atoms with Crippen LogP contribution in [0.1, 0.15) is 42.9 Å². The van der Waals surface area contributed by atoms with Crippen molar-refractivity contribution in [3.05, 3.63) is 69.8 Å². The maximum Gasteiger partial charge on any atom is 0.303 e. The van der Waals surface area contributed by atoms with E-state index in [2.05, 4.69) is 10.1 Å². The maximum absolute atomic E-state index is 13.0. The van der Waals surface area contributed by atoms with E-state index < -0.39 is 12.0 Å². The number of rotatable bonds is 7. The fourth-order valence-electron chi connectivity index (χ4n) is 3.81. The Morgan fingerprint density at radius 3 is 2.58 bits per heavy atom. The number of nitrogens with zero attached hydrogens (tertiary/aromatic N) is 3. The number of aliphatic carboxylic acids is 1. The van der Waals surface area contributed by atoms with Crippen LogP contribution < -0.4 is 4.74 Å². The summed E-state index contributed by atoms with van der Waals surface area (Å²) < 4.78 is 5.32. The molecule has 0 spiro atoms. The highest BCUT2D eigenvalue weighted by molar-refractivity contribution is 6.31. The van der Waals surface area contributed by atoms with Gasteiger partial charge in [0.05, 0.1) is 24.4 Å². The first-order valence-corrected chi connectivity index (χ1v) is 11.1. The molecule has 0 bridgehead atoms. The number of halogens is 2. The number of fused-ring (bicyclic) bond motifs is 1. The van der Waals surface area contributed by atoms with E-state index in [-0.39, 0.29) is 30.3 Å². The van der Waals surface area contributed by atoms with Crippen LogP contribution in [0.2, 0.25) is 10.2 Å². The third-order valence-electron chi connectivity index (χ3n) is 5.49. The Morgan fingerprint density at radius 2 is 1.88 bits per heavy atom. The molecule has 2 aromatic carbocycles. The van der Waals surface area contributed by atoms with Gasteiger partial charge in [-0.25, -0.2) is 9.99 Å². The Labute approximate surface area is 200 Å². The third-order valence-corrected chi connectivity index (χ3v) is 6.04. The molecule has 1 aliphatic rings. The Kier molecular flexibility index (Phi) is 6.81. The number of carboxylic acid groups (broad SMARTS) is 1. The van der Waals surface area contributed by atoms with Gasteiger partial charge >= 0.3 is 5.97 Å². The van der Waals surface area contributed by atoms with Gasteiger partial charge in [-0.2, -0.15) is 5.10 Å². The van der Waals surface area contributed by atoms with Crippen molar-refractivity contribution in [3.63, 3.8) is 0 Å². The summed E-state index contributed by atoms with van der Waals surface area (Å²) in [6, 6.07) is 14.1. The summed E-state index contributed by atoms with van der Waals surface area (Å²) in [6.45, 7) is 0. The second kappa shape index (κ2) is 9.77. The second-order valence-corrected chi connectivity index (χ2v) is 8.48. The van der Waals surface area contributed by atoms with Crippen LogP contribution in [0.25, 0.3) is 10.9 Å². The van der Waals surface area contributed by atoms with Crippen LogP contribution >= 0.6 is 23.2 Å². The molecule has 7 nitrogen and oxygen atoms in total. The summed E-state index contributed by atoms with van der Waals surface area (Å²) in [5.41, 5.74) is 2.93. The van der Waals surface area contributed by atoms with Crippen molar-refractivity contribution in [1.29, 1.82) is 0 Å². The van der Waals surface area contributed by atoms with Crippen molar-refractivity contribution in [2.45, 2.75) is 31.7 Å². The zero-order valence-corrected chi connectivity index (χ0v) is 19.3. The van der Waals surface area contributed by atoms with Gasteiger partial charge in [-0.3, -0.25) is 9.59 Å². The Balaban J connectivity index is 1.71. The minimum absolute atomic E-state index is 0.0622. The van der Waals surface area contributed by atoms with Crippen LogP contribution in [0.4, 0.5) is 0 Å². The Bertz CT molecular complexity index is 1240. The van der Waals surface area contributed by atoms with E-state index in [4.69, 9.17) is 33.0 Å². The maximum atomic E-state index is 13.0. The number of amides is 1. The largest absolute Gasteiger partial charge is 0.497 e. The number of carboxylic acids is 1. The number of hydrogen-bond donors (Lipinski definition) is 1. The van der Waals surface area contributed by atoms with Gasteiger partial charge in [0.2, 0.25) is 5.91 Å².